The van der Waals surface area contributed by atoms with Gasteiger partial charge < -0.3 is 10.1 Å². The molecule has 0 aliphatic rings. The van der Waals surface area contributed by atoms with Crippen molar-refractivity contribution in [3.63, 3.8) is 0 Å². The Labute approximate surface area is 113 Å². The number of nitriles is 1. The number of nitrogens with one attached hydrogen (secondary N) is 1. The van der Waals surface area contributed by atoms with Crippen molar-refractivity contribution in [1.82, 2.24) is 9.97 Å². The zero-order valence-electron chi connectivity index (χ0n) is 10.4. The van der Waals surface area contributed by atoms with Crippen LogP contribution in [0.25, 0.3) is 0 Å². The molecule has 0 aliphatic carbocycles. The molecule has 0 spiro atoms. The molecule has 0 amide bonds. The fraction of sp³-hybridized carbons (Fsp3) is 0.0769. The number of nitrogens with zero attached hydrogens (tertiary/aromatic N) is 3. The van der Waals surface area contributed by atoms with Gasteiger partial charge in [-0.15, -0.1) is 0 Å². The molecule has 0 aliphatic heterocycles. The van der Waals surface area contributed by atoms with Crippen molar-refractivity contribution in [1.29, 1.82) is 5.26 Å². The predicted octanol–water partition coefficient (Wildman–Crippen LogP) is 2.02. The first-order chi connectivity index (χ1) is 9.63. The summed E-state index contributed by atoms with van der Waals surface area (Å²) in [5.41, 5.74) is 0.409. The Bertz CT molecular complexity index is 697. The van der Waals surface area contributed by atoms with Crippen LogP contribution in [0.2, 0.25) is 0 Å². The number of carbonyl (C=O) groups excluding carboxylic acids is 1. The molecule has 0 unspecified atom stereocenters. The summed E-state index contributed by atoms with van der Waals surface area (Å²) in [5.74, 6) is -0.936. The van der Waals surface area contributed by atoms with Crippen LogP contribution in [0.15, 0.2) is 30.6 Å². The van der Waals surface area contributed by atoms with Gasteiger partial charge in [0.25, 0.3) is 0 Å². The van der Waals surface area contributed by atoms with Gasteiger partial charge in [0.2, 0.25) is 0 Å². The lowest BCUT2D eigenvalue weighted by Crippen LogP contribution is -2.06. The highest BCUT2D eigenvalue weighted by Crippen LogP contribution is 2.17. The maximum Gasteiger partial charge on any atom is 0.358 e. The van der Waals surface area contributed by atoms with E-state index in [4.69, 9.17) is 5.26 Å². The quantitative estimate of drug-likeness (QED) is 0.860. The molecule has 0 atom stereocenters. The molecular formula is C13H9FN4O2. The van der Waals surface area contributed by atoms with Gasteiger partial charge >= 0.3 is 5.97 Å². The number of anilines is 2. The summed E-state index contributed by atoms with van der Waals surface area (Å²) >= 11 is 0. The molecule has 2 rings (SSSR count). The van der Waals surface area contributed by atoms with Crippen molar-refractivity contribution >= 4 is 17.5 Å². The summed E-state index contributed by atoms with van der Waals surface area (Å²) < 4.78 is 17.7. The summed E-state index contributed by atoms with van der Waals surface area (Å²) in [6.45, 7) is 0. The van der Waals surface area contributed by atoms with Crippen LogP contribution in [0, 0.1) is 17.1 Å². The first kappa shape index (κ1) is 13.4. The number of esters is 1. The van der Waals surface area contributed by atoms with E-state index in [2.05, 4.69) is 20.0 Å². The number of methoxy groups -OCH3 is 1. The van der Waals surface area contributed by atoms with Gasteiger partial charge in [-0.05, 0) is 18.2 Å². The Hall–Kier alpha value is -3.01. The van der Waals surface area contributed by atoms with Crippen molar-refractivity contribution in [2.45, 2.75) is 0 Å². The monoisotopic (exact) mass is 272 g/mol. The summed E-state index contributed by atoms with van der Waals surface area (Å²) in [4.78, 5) is 19.2. The summed E-state index contributed by atoms with van der Waals surface area (Å²) in [7, 11) is 1.24. The van der Waals surface area contributed by atoms with Crippen LogP contribution in [0.1, 0.15) is 16.1 Å². The zero-order valence-corrected chi connectivity index (χ0v) is 10.4. The van der Waals surface area contributed by atoms with E-state index >= 15 is 0 Å². The van der Waals surface area contributed by atoms with Crippen LogP contribution in [0.5, 0.6) is 0 Å². The first-order valence-electron chi connectivity index (χ1n) is 5.51. The fourth-order valence-corrected chi connectivity index (χ4v) is 1.47. The third kappa shape index (κ3) is 2.87. The molecule has 0 fully saturated rings. The number of hydrogen-bond donors (Lipinski definition) is 1. The van der Waals surface area contributed by atoms with Crippen LogP contribution < -0.4 is 5.32 Å². The molecule has 0 radical (unpaired) electrons. The molecule has 1 heterocycles. The molecule has 2 aromatic rings. The lowest BCUT2D eigenvalue weighted by atomic mass is 10.2. The molecule has 20 heavy (non-hydrogen) atoms. The lowest BCUT2D eigenvalue weighted by Gasteiger charge is -2.06. The normalized spacial score (nSPS) is 9.65. The third-order valence-electron chi connectivity index (χ3n) is 2.39. The molecule has 6 nitrogen and oxygen atoms in total. The summed E-state index contributed by atoms with van der Waals surface area (Å²) in [6.07, 6.45) is 2.66. The number of hydrogen-bond acceptors (Lipinski definition) is 6. The van der Waals surface area contributed by atoms with Gasteiger partial charge in [-0.3, -0.25) is 4.98 Å². The van der Waals surface area contributed by atoms with Gasteiger partial charge in [0.05, 0.1) is 25.1 Å². The molecule has 1 N–H and O–H groups in total. The molecule has 1 aromatic heterocycles. The molecule has 100 valence electrons. The second-order valence-corrected chi connectivity index (χ2v) is 3.71. The minimum Gasteiger partial charge on any atom is -0.464 e. The molecule has 1 aromatic carbocycles. The van der Waals surface area contributed by atoms with Crippen molar-refractivity contribution in [2.24, 2.45) is 0 Å². The highest BCUT2D eigenvalue weighted by Gasteiger charge is 2.09. The molecule has 0 saturated heterocycles. The first-order valence-corrected chi connectivity index (χ1v) is 5.51. The highest BCUT2D eigenvalue weighted by molar-refractivity contribution is 5.87. The van der Waals surface area contributed by atoms with Gasteiger partial charge in [0, 0.05) is 5.69 Å². The highest BCUT2D eigenvalue weighted by atomic mass is 19.1. The van der Waals surface area contributed by atoms with Gasteiger partial charge in [0.15, 0.2) is 5.69 Å². The molecular weight excluding hydrogens is 263 g/mol. The topological polar surface area (TPSA) is 87.9 Å². The van der Waals surface area contributed by atoms with Crippen LogP contribution in [0.3, 0.4) is 0 Å². The average Bonchev–Trinajstić information content (AvgIpc) is 2.48. The van der Waals surface area contributed by atoms with Crippen LogP contribution in [-0.2, 0) is 4.74 Å². The van der Waals surface area contributed by atoms with Crippen LogP contribution in [-0.4, -0.2) is 23.0 Å². The van der Waals surface area contributed by atoms with Crippen molar-refractivity contribution < 1.29 is 13.9 Å². The molecule has 0 saturated carbocycles. The Balaban J connectivity index is 2.26. The average molecular weight is 272 g/mol. The van der Waals surface area contributed by atoms with Crippen molar-refractivity contribution in [2.75, 3.05) is 12.4 Å². The number of benzene rings is 1. The number of carbonyl (C=O) groups is 1. The van der Waals surface area contributed by atoms with Crippen molar-refractivity contribution in [3.05, 3.63) is 47.7 Å². The van der Waals surface area contributed by atoms with E-state index in [0.29, 0.717) is 5.69 Å². The second-order valence-electron chi connectivity index (χ2n) is 3.71. The Kier molecular flexibility index (Phi) is 3.86. The van der Waals surface area contributed by atoms with Crippen molar-refractivity contribution in [3.8, 4) is 6.07 Å². The largest absolute Gasteiger partial charge is 0.464 e. The van der Waals surface area contributed by atoms with E-state index in [9.17, 15) is 9.18 Å². The van der Waals surface area contributed by atoms with Gasteiger partial charge in [-0.2, -0.15) is 5.26 Å². The smallest absolute Gasteiger partial charge is 0.358 e. The minimum atomic E-state index is -0.613. The predicted molar refractivity (Wildman–Crippen MR) is 67.8 cm³/mol. The standard InChI is InChI=1S/C13H9FN4O2/c1-20-13(19)11-6-16-7-12(18-11)17-9-2-3-10(14)8(4-9)5-15/h2-4,6-7H,1H3,(H,17,18). The lowest BCUT2D eigenvalue weighted by molar-refractivity contribution is 0.0593. The minimum absolute atomic E-state index is 0.0418. The van der Waals surface area contributed by atoms with E-state index in [1.807, 2.05) is 0 Å². The van der Waals surface area contributed by atoms with E-state index < -0.39 is 11.8 Å². The van der Waals surface area contributed by atoms with Crippen LogP contribution in [0.4, 0.5) is 15.9 Å². The maximum atomic E-state index is 13.2. The number of aromatic nitrogens is 2. The number of rotatable bonds is 3. The number of halogens is 1. The Morgan fingerprint density at radius 2 is 2.25 bits per heavy atom. The van der Waals surface area contributed by atoms with E-state index in [0.717, 1.165) is 0 Å². The van der Waals surface area contributed by atoms with Crippen LogP contribution >= 0.6 is 0 Å². The van der Waals surface area contributed by atoms with E-state index in [1.165, 1.54) is 37.7 Å². The molecule has 7 heteroatoms. The maximum absolute atomic E-state index is 13.2. The zero-order chi connectivity index (χ0) is 14.5. The summed E-state index contributed by atoms with van der Waals surface area (Å²) in [5, 5.41) is 11.6. The molecule has 0 bridgehead atoms. The van der Waals surface area contributed by atoms with E-state index in [-0.39, 0.29) is 17.1 Å². The third-order valence-corrected chi connectivity index (χ3v) is 2.39. The van der Waals surface area contributed by atoms with Gasteiger partial charge in [-0.1, -0.05) is 0 Å². The fourth-order valence-electron chi connectivity index (χ4n) is 1.47. The SMILES string of the molecule is COC(=O)c1cncc(Nc2ccc(F)c(C#N)c2)n1. The number of ether oxygens (including phenoxy) is 1. The summed E-state index contributed by atoms with van der Waals surface area (Å²) in [6, 6.07) is 5.68. The van der Waals surface area contributed by atoms with Gasteiger partial charge in [0.1, 0.15) is 17.7 Å². The second kappa shape index (κ2) is 5.75. The Morgan fingerprint density at radius 3 is 2.95 bits per heavy atom. The van der Waals surface area contributed by atoms with Gasteiger partial charge in [-0.25, -0.2) is 14.2 Å². The Morgan fingerprint density at radius 1 is 1.45 bits per heavy atom. The van der Waals surface area contributed by atoms with E-state index in [1.54, 1.807) is 6.07 Å².